The van der Waals surface area contributed by atoms with E-state index in [1.165, 1.54) is 5.01 Å². The van der Waals surface area contributed by atoms with Crippen LogP contribution < -0.4 is 5.01 Å². The third-order valence-electron chi connectivity index (χ3n) is 3.25. The topological polar surface area (TPSA) is 75.1 Å². The molecule has 1 aliphatic heterocycles. The zero-order valence-corrected chi connectivity index (χ0v) is 13.4. The van der Waals surface area contributed by atoms with Crippen molar-refractivity contribution < 1.29 is 9.34 Å². The molecule has 120 valence electrons. The number of hydrazone groups is 1. The maximum atomic E-state index is 11.2. The molecule has 7 nitrogen and oxygen atoms in total. The van der Waals surface area contributed by atoms with E-state index in [-0.39, 0.29) is 12.4 Å². The second-order valence-corrected chi connectivity index (χ2v) is 5.88. The summed E-state index contributed by atoms with van der Waals surface area (Å²) >= 11 is 12.0. The number of furan rings is 1. The Morgan fingerprint density at radius 2 is 2.04 bits per heavy atom. The van der Waals surface area contributed by atoms with Crippen molar-refractivity contribution in [3.05, 3.63) is 62.5 Å². The van der Waals surface area contributed by atoms with Gasteiger partial charge in [-0.15, -0.1) is 0 Å². The fourth-order valence-electron chi connectivity index (χ4n) is 2.29. The van der Waals surface area contributed by atoms with E-state index in [4.69, 9.17) is 27.6 Å². The van der Waals surface area contributed by atoms with E-state index in [9.17, 15) is 10.1 Å². The fourth-order valence-corrected chi connectivity index (χ4v) is 2.81. The van der Waals surface area contributed by atoms with Gasteiger partial charge in [0.15, 0.2) is 0 Å². The molecule has 23 heavy (non-hydrogen) atoms. The van der Waals surface area contributed by atoms with E-state index in [0.717, 1.165) is 5.76 Å². The molecule has 0 aliphatic carbocycles. The molecule has 0 atom stereocenters. The predicted octanol–water partition coefficient (Wildman–Crippen LogP) is 3.46. The highest BCUT2D eigenvalue weighted by Gasteiger charge is 2.30. The summed E-state index contributed by atoms with van der Waals surface area (Å²) in [5, 5.41) is 17.6. The zero-order valence-electron chi connectivity index (χ0n) is 11.9. The maximum absolute atomic E-state index is 11.2. The Morgan fingerprint density at radius 1 is 1.30 bits per heavy atom. The van der Waals surface area contributed by atoms with Gasteiger partial charge >= 0.3 is 5.84 Å². The third kappa shape index (κ3) is 3.82. The van der Waals surface area contributed by atoms with Crippen LogP contribution in [0.3, 0.4) is 0 Å². The Labute approximate surface area is 141 Å². The molecule has 2 aromatic rings. The van der Waals surface area contributed by atoms with Crippen LogP contribution in [-0.4, -0.2) is 28.9 Å². The van der Waals surface area contributed by atoms with E-state index >= 15 is 0 Å². The molecule has 0 fully saturated rings. The molecule has 3 rings (SSSR count). The molecule has 0 saturated heterocycles. The molecule has 9 heteroatoms. The van der Waals surface area contributed by atoms with Crippen molar-refractivity contribution in [3.8, 4) is 0 Å². The average molecular weight is 355 g/mol. The summed E-state index contributed by atoms with van der Waals surface area (Å²) in [6.07, 6.45) is 1.57. The number of amidine groups is 1. The SMILES string of the molecule is O=[N+]([O-])C1=NN(c2cc(Cl)cc(Cl)c2)CN(Cc2ccco2)C1. The number of hydrogen-bond acceptors (Lipinski definition) is 6. The normalized spacial score (nSPS) is 15.6. The summed E-state index contributed by atoms with van der Waals surface area (Å²) in [6, 6.07) is 8.50. The number of benzene rings is 1. The molecule has 0 bridgehead atoms. The summed E-state index contributed by atoms with van der Waals surface area (Å²) < 4.78 is 5.30. The van der Waals surface area contributed by atoms with Gasteiger partial charge in [-0.05, 0) is 35.3 Å². The van der Waals surface area contributed by atoms with Crippen LogP contribution in [0.1, 0.15) is 5.76 Å². The summed E-state index contributed by atoms with van der Waals surface area (Å²) in [5.74, 6) is 0.567. The highest BCUT2D eigenvalue weighted by atomic mass is 35.5. The molecule has 0 amide bonds. The first-order valence-corrected chi connectivity index (χ1v) is 7.47. The number of hydrogen-bond donors (Lipinski definition) is 0. The smallest absolute Gasteiger partial charge is 0.378 e. The number of halogens is 2. The first-order chi connectivity index (χ1) is 11.0. The van der Waals surface area contributed by atoms with Gasteiger partial charge in [0.25, 0.3) is 0 Å². The van der Waals surface area contributed by atoms with Crippen molar-refractivity contribution in [2.24, 2.45) is 5.10 Å². The number of rotatable bonds is 3. The van der Waals surface area contributed by atoms with Crippen molar-refractivity contribution in [2.45, 2.75) is 6.54 Å². The predicted molar refractivity (Wildman–Crippen MR) is 87.4 cm³/mol. The molecular formula is C14H12Cl2N4O3. The lowest BCUT2D eigenvalue weighted by molar-refractivity contribution is -0.354. The standard InChI is InChI=1S/C14H12Cl2N4O3/c15-10-4-11(16)6-12(5-10)19-9-18(7-13-2-1-3-23-13)8-14(17-19)20(21)22/h1-6H,7-9H2. The van der Waals surface area contributed by atoms with E-state index in [0.29, 0.717) is 28.9 Å². The summed E-state index contributed by atoms with van der Waals surface area (Å²) in [5.41, 5.74) is 0.589. The average Bonchev–Trinajstić information content (AvgIpc) is 2.98. The van der Waals surface area contributed by atoms with Crippen molar-refractivity contribution >= 4 is 34.7 Å². The van der Waals surface area contributed by atoms with Crippen LogP contribution in [0.25, 0.3) is 0 Å². The van der Waals surface area contributed by atoms with Gasteiger partial charge in [0.2, 0.25) is 0 Å². The molecule has 0 radical (unpaired) electrons. The first-order valence-electron chi connectivity index (χ1n) is 6.71. The van der Waals surface area contributed by atoms with Crippen molar-refractivity contribution in [2.75, 3.05) is 18.2 Å². The lowest BCUT2D eigenvalue weighted by Crippen LogP contribution is -2.45. The van der Waals surface area contributed by atoms with Crippen LogP contribution >= 0.6 is 23.2 Å². The fraction of sp³-hybridized carbons (Fsp3) is 0.214. The number of nitrogens with zero attached hydrogens (tertiary/aromatic N) is 4. The van der Waals surface area contributed by atoms with Gasteiger partial charge < -0.3 is 14.5 Å². The molecule has 1 aliphatic rings. The highest BCUT2D eigenvalue weighted by molar-refractivity contribution is 6.35. The molecule has 0 N–H and O–H groups in total. The lowest BCUT2D eigenvalue weighted by Gasteiger charge is -2.27. The second-order valence-electron chi connectivity index (χ2n) is 5.01. The van der Waals surface area contributed by atoms with E-state index in [2.05, 4.69) is 5.10 Å². The van der Waals surface area contributed by atoms with Gasteiger partial charge in [0, 0.05) is 10.0 Å². The van der Waals surface area contributed by atoms with Crippen LogP contribution in [0.5, 0.6) is 0 Å². The Kier molecular flexibility index (Phi) is 4.51. The molecule has 1 aromatic carbocycles. The van der Waals surface area contributed by atoms with Crippen LogP contribution in [0.15, 0.2) is 46.1 Å². The monoisotopic (exact) mass is 354 g/mol. The molecule has 0 spiro atoms. The van der Waals surface area contributed by atoms with Gasteiger partial charge in [-0.3, -0.25) is 4.90 Å². The molecular weight excluding hydrogens is 343 g/mol. The lowest BCUT2D eigenvalue weighted by atomic mass is 10.3. The highest BCUT2D eigenvalue weighted by Crippen LogP contribution is 2.27. The minimum atomic E-state index is -0.493. The van der Waals surface area contributed by atoms with Crippen LogP contribution in [0.2, 0.25) is 10.0 Å². The van der Waals surface area contributed by atoms with Gasteiger partial charge in [0.1, 0.15) is 19.0 Å². The quantitative estimate of drug-likeness (QED) is 0.623. The Bertz CT molecular complexity index is 728. The van der Waals surface area contributed by atoms with E-state index in [1.807, 2.05) is 11.0 Å². The third-order valence-corrected chi connectivity index (χ3v) is 3.69. The largest absolute Gasteiger partial charge is 0.468 e. The minimum Gasteiger partial charge on any atom is -0.468 e. The van der Waals surface area contributed by atoms with Gasteiger partial charge in [-0.1, -0.05) is 23.2 Å². The van der Waals surface area contributed by atoms with Crippen LogP contribution in [0.4, 0.5) is 5.69 Å². The second kappa shape index (κ2) is 6.57. The van der Waals surface area contributed by atoms with Crippen molar-refractivity contribution in [3.63, 3.8) is 0 Å². The van der Waals surface area contributed by atoms with Gasteiger partial charge in [-0.2, -0.15) is 5.01 Å². The van der Waals surface area contributed by atoms with Crippen molar-refractivity contribution in [1.82, 2.24) is 4.90 Å². The Balaban J connectivity index is 1.88. The molecule has 0 saturated carbocycles. The first kappa shape index (κ1) is 15.8. The van der Waals surface area contributed by atoms with Crippen LogP contribution in [-0.2, 0) is 6.54 Å². The summed E-state index contributed by atoms with van der Waals surface area (Å²) in [6.45, 7) is 0.915. The Hall–Kier alpha value is -2.09. The molecule has 2 heterocycles. The summed E-state index contributed by atoms with van der Waals surface area (Å²) in [7, 11) is 0. The van der Waals surface area contributed by atoms with Gasteiger partial charge in [0.05, 0.1) is 23.6 Å². The number of nitro groups is 1. The summed E-state index contributed by atoms with van der Waals surface area (Å²) in [4.78, 5) is 12.5. The molecule has 0 unspecified atom stereocenters. The number of anilines is 1. The maximum Gasteiger partial charge on any atom is 0.378 e. The van der Waals surface area contributed by atoms with E-state index < -0.39 is 4.92 Å². The van der Waals surface area contributed by atoms with Gasteiger partial charge in [-0.25, -0.2) is 0 Å². The van der Waals surface area contributed by atoms with Crippen LogP contribution in [0, 0.1) is 10.1 Å². The minimum absolute atomic E-state index is 0.124. The zero-order chi connectivity index (χ0) is 16.4. The van der Waals surface area contributed by atoms with E-state index in [1.54, 1.807) is 30.5 Å². The molecule has 1 aromatic heterocycles. The Morgan fingerprint density at radius 3 is 2.65 bits per heavy atom. The van der Waals surface area contributed by atoms with Crippen molar-refractivity contribution in [1.29, 1.82) is 0 Å².